The molecule has 5 rings (SSSR count). The van der Waals surface area contributed by atoms with Gasteiger partial charge in [0.2, 0.25) is 0 Å². The predicted octanol–water partition coefficient (Wildman–Crippen LogP) is 4.57. The maximum absolute atomic E-state index is 11.6. The van der Waals surface area contributed by atoms with Gasteiger partial charge in [0, 0.05) is 26.2 Å². The van der Waals surface area contributed by atoms with Crippen molar-refractivity contribution in [3.8, 4) is 0 Å². The SMILES string of the molecule is OC12CCCCCCC3CCN4CCCC(O)(CCCCCCC5CCN(CCC1)C2O5)C4O3. The quantitative estimate of drug-likeness (QED) is 0.532. The van der Waals surface area contributed by atoms with Crippen molar-refractivity contribution in [1.82, 2.24) is 9.80 Å². The summed E-state index contributed by atoms with van der Waals surface area (Å²) in [7, 11) is 0. The number of aliphatic hydroxyl groups is 2. The minimum Gasteiger partial charge on any atom is -0.386 e. The minimum atomic E-state index is -0.668. The number of ether oxygens (including phenoxy) is 2. The first-order valence-electron chi connectivity index (χ1n) is 14.8. The van der Waals surface area contributed by atoms with Crippen LogP contribution in [0.15, 0.2) is 0 Å². The number of hydrogen-bond donors (Lipinski definition) is 2. The van der Waals surface area contributed by atoms with Gasteiger partial charge in [-0.05, 0) is 64.2 Å². The molecule has 0 amide bonds. The van der Waals surface area contributed by atoms with Gasteiger partial charge in [0.15, 0.2) is 0 Å². The Bertz CT molecular complexity index is 596. The minimum absolute atomic E-state index is 0.0957. The van der Waals surface area contributed by atoms with Crippen LogP contribution in [-0.4, -0.2) is 82.1 Å². The molecular weight excluding hydrogens is 428 g/mol. The van der Waals surface area contributed by atoms with E-state index in [4.69, 9.17) is 9.47 Å². The van der Waals surface area contributed by atoms with Crippen LogP contribution in [0.2, 0.25) is 0 Å². The summed E-state index contributed by atoms with van der Waals surface area (Å²) in [5.74, 6) is 0. The molecule has 0 saturated carbocycles. The molecule has 5 heterocycles. The topological polar surface area (TPSA) is 65.4 Å². The average molecular weight is 479 g/mol. The van der Waals surface area contributed by atoms with Crippen LogP contribution in [-0.2, 0) is 9.47 Å². The highest BCUT2D eigenvalue weighted by Crippen LogP contribution is 2.39. The van der Waals surface area contributed by atoms with Gasteiger partial charge in [-0.15, -0.1) is 0 Å². The molecule has 34 heavy (non-hydrogen) atoms. The van der Waals surface area contributed by atoms with Crippen molar-refractivity contribution in [2.75, 3.05) is 26.2 Å². The molecule has 6 nitrogen and oxygen atoms in total. The number of nitrogens with zero attached hydrogens (tertiary/aromatic N) is 2. The fourth-order valence-electron chi connectivity index (χ4n) is 7.58. The van der Waals surface area contributed by atoms with E-state index in [2.05, 4.69) is 9.80 Å². The molecule has 5 aliphatic rings. The fourth-order valence-corrected chi connectivity index (χ4v) is 7.58. The molecule has 6 heteroatoms. The van der Waals surface area contributed by atoms with Gasteiger partial charge in [0.25, 0.3) is 0 Å². The summed E-state index contributed by atoms with van der Waals surface area (Å²) in [4.78, 5) is 4.83. The normalized spacial score (nSPS) is 44.3. The van der Waals surface area contributed by atoms with E-state index in [-0.39, 0.29) is 12.5 Å². The van der Waals surface area contributed by atoms with Crippen LogP contribution < -0.4 is 0 Å². The molecule has 0 aliphatic carbocycles. The van der Waals surface area contributed by atoms with Crippen molar-refractivity contribution >= 4 is 0 Å². The maximum atomic E-state index is 11.6. The Hall–Kier alpha value is -0.240. The number of fused-ring (bicyclic) bond motifs is 2. The first-order valence-corrected chi connectivity index (χ1v) is 14.8. The standard InChI is InChI=1S/C28H50N2O4/c31-27-15-7-3-1-5-11-23-13-21-29-20-10-18-28(32,26(29)33-23)16-8-4-2-6-12-24-14-22-30(19-9-17-27)25(27)34-24/h23-26,31-32H,1-22H2. The molecular formula is C28H50N2O4. The van der Waals surface area contributed by atoms with Crippen molar-refractivity contribution < 1.29 is 19.7 Å². The van der Waals surface area contributed by atoms with Crippen LogP contribution in [0.4, 0.5) is 0 Å². The van der Waals surface area contributed by atoms with Gasteiger partial charge in [0.1, 0.15) is 23.7 Å². The third-order valence-corrected chi connectivity index (χ3v) is 9.58. The molecule has 5 saturated heterocycles. The van der Waals surface area contributed by atoms with Crippen LogP contribution >= 0.6 is 0 Å². The van der Waals surface area contributed by atoms with Crippen molar-refractivity contribution in [2.45, 2.75) is 151 Å². The molecule has 0 aromatic heterocycles. The summed E-state index contributed by atoms with van der Waals surface area (Å²) in [6, 6.07) is 0. The van der Waals surface area contributed by atoms with E-state index in [1.807, 2.05) is 0 Å². The molecule has 0 radical (unpaired) electrons. The fraction of sp³-hybridized carbons (Fsp3) is 1.00. The molecule has 6 atom stereocenters. The Morgan fingerprint density at radius 1 is 0.471 bits per heavy atom. The lowest BCUT2D eigenvalue weighted by atomic mass is 9.83. The summed E-state index contributed by atoms with van der Waals surface area (Å²) in [5.41, 5.74) is -1.34. The lowest BCUT2D eigenvalue weighted by molar-refractivity contribution is -0.246. The monoisotopic (exact) mass is 478 g/mol. The molecule has 0 aromatic carbocycles. The zero-order chi connectivity index (χ0) is 23.4. The van der Waals surface area contributed by atoms with Crippen LogP contribution in [0.1, 0.15) is 116 Å². The molecule has 4 bridgehead atoms. The van der Waals surface area contributed by atoms with Crippen LogP contribution in [0.3, 0.4) is 0 Å². The van der Waals surface area contributed by atoms with E-state index in [1.54, 1.807) is 0 Å². The number of rotatable bonds is 0. The molecule has 2 N–H and O–H groups in total. The summed E-state index contributed by atoms with van der Waals surface area (Å²) in [5, 5.41) is 23.2. The first-order chi connectivity index (χ1) is 16.6. The van der Waals surface area contributed by atoms with Gasteiger partial charge >= 0.3 is 0 Å². The van der Waals surface area contributed by atoms with E-state index in [9.17, 15) is 10.2 Å². The second-order valence-corrected chi connectivity index (χ2v) is 12.2. The predicted molar refractivity (Wildman–Crippen MR) is 133 cm³/mol. The zero-order valence-electron chi connectivity index (χ0n) is 21.5. The molecule has 196 valence electrons. The third-order valence-electron chi connectivity index (χ3n) is 9.58. The lowest BCUT2D eigenvalue weighted by Gasteiger charge is -2.51. The van der Waals surface area contributed by atoms with Crippen molar-refractivity contribution in [2.24, 2.45) is 0 Å². The van der Waals surface area contributed by atoms with Gasteiger partial charge in [-0.1, -0.05) is 51.4 Å². The van der Waals surface area contributed by atoms with E-state index in [0.717, 1.165) is 103 Å². The second kappa shape index (κ2) is 11.4. The molecule has 5 fully saturated rings. The van der Waals surface area contributed by atoms with Crippen molar-refractivity contribution in [1.29, 1.82) is 0 Å². The Balaban J connectivity index is 1.21. The zero-order valence-corrected chi connectivity index (χ0v) is 21.5. The highest BCUT2D eigenvalue weighted by atomic mass is 16.5. The third kappa shape index (κ3) is 5.84. The molecule has 6 unspecified atom stereocenters. The Labute approximate surface area is 207 Å². The summed E-state index contributed by atoms with van der Waals surface area (Å²) in [6.07, 6.45) is 19.7. The van der Waals surface area contributed by atoms with Gasteiger partial charge in [0.05, 0.1) is 12.2 Å². The van der Waals surface area contributed by atoms with Crippen LogP contribution in [0.5, 0.6) is 0 Å². The van der Waals surface area contributed by atoms with Crippen molar-refractivity contribution in [3.63, 3.8) is 0 Å². The van der Waals surface area contributed by atoms with Crippen molar-refractivity contribution in [3.05, 3.63) is 0 Å². The summed E-state index contributed by atoms with van der Waals surface area (Å²) >= 11 is 0. The average Bonchev–Trinajstić information content (AvgIpc) is 2.84. The Morgan fingerprint density at radius 3 is 1.35 bits per heavy atom. The summed E-state index contributed by atoms with van der Waals surface area (Å²) < 4.78 is 13.1. The lowest BCUT2D eigenvalue weighted by Crippen LogP contribution is -2.62. The molecule has 5 aliphatic heterocycles. The highest BCUT2D eigenvalue weighted by Gasteiger charge is 2.48. The van der Waals surface area contributed by atoms with Gasteiger partial charge in [-0.25, -0.2) is 0 Å². The van der Waals surface area contributed by atoms with E-state index < -0.39 is 11.2 Å². The number of piperidine rings is 2. The van der Waals surface area contributed by atoms with E-state index in [1.165, 1.54) is 38.5 Å². The van der Waals surface area contributed by atoms with Crippen LogP contribution in [0.25, 0.3) is 0 Å². The van der Waals surface area contributed by atoms with E-state index in [0.29, 0.717) is 12.2 Å². The maximum Gasteiger partial charge on any atom is 0.140 e. The smallest absolute Gasteiger partial charge is 0.140 e. The Kier molecular flexibility index (Phi) is 8.55. The number of hydrogen-bond acceptors (Lipinski definition) is 6. The Morgan fingerprint density at radius 2 is 0.882 bits per heavy atom. The van der Waals surface area contributed by atoms with Crippen LogP contribution in [0, 0.1) is 0 Å². The largest absolute Gasteiger partial charge is 0.386 e. The summed E-state index contributed by atoms with van der Waals surface area (Å²) in [6.45, 7) is 4.29. The molecule has 0 aromatic rings. The van der Waals surface area contributed by atoms with Gasteiger partial charge in [-0.2, -0.15) is 0 Å². The van der Waals surface area contributed by atoms with Gasteiger partial charge in [-0.3, -0.25) is 9.80 Å². The molecule has 0 spiro atoms. The highest BCUT2D eigenvalue weighted by molar-refractivity contribution is 4.96. The van der Waals surface area contributed by atoms with E-state index >= 15 is 0 Å². The second-order valence-electron chi connectivity index (χ2n) is 12.2. The first kappa shape index (κ1) is 25.4. The van der Waals surface area contributed by atoms with Gasteiger partial charge < -0.3 is 19.7 Å².